The van der Waals surface area contributed by atoms with Gasteiger partial charge in [0, 0.05) is 6.07 Å². The summed E-state index contributed by atoms with van der Waals surface area (Å²) in [6.45, 7) is 5.59. The zero-order chi connectivity index (χ0) is 12.3. The maximum atomic E-state index is 13.1. The summed E-state index contributed by atoms with van der Waals surface area (Å²) in [6.07, 6.45) is 0. The zero-order valence-corrected chi connectivity index (χ0v) is 10.4. The molecule has 0 amide bonds. The van der Waals surface area contributed by atoms with Gasteiger partial charge in [-0.15, -0.1) is 0 Å². The Kier molecular flexibility index (Phi) is 4.16. The van der Waals surface area contributed by atoms with E-state index in [0.717, 1.165) is 0 Å². The summed E-state index contributed by atoms with van der Waals surface area (Å²) in [5.74, 6) is -0.101. The van der Waals surface area contributed by atoms with E-state index in [1.165, 1.54) is 12.1 Å². The normalized spacial score (nSPS) is 14.9. The first-order valence-electron chi connectivity index (χ1n) is 5.13. The largest absolute Gasteiger partial charge is 0.490 e. The Morgan fingerprint density at radius 3 is 2.62 bits per heavy atom. The number of hydrogen-bond donors (Lipinski definition) is 1. The van der Waals surface area contributed by atoms with Crippen molar-refractivity contribution in [3.8, 4) is 5.75 Å². The van der Waals surface area contributed by atoms with Crippen LogP contribution in [0.1, 0.15) is 20.8 Å². The molecular weight excluding hydrogens is 231 g/mol. The van der Waals surface area contributed by atoms with Crippen LogP contribution in [-0.4, -0.2) is 17.3 Å². The molecule has 0 aromatic heterocycles. The van der Waals surface area contributed by atoms with Crippen LogP contribution in [0.25, 0.3) is 0 Å². The topological polar surface area (TPSA) is 29.5 Å². The molecule has 0 saturated heterocycles. The number of ether oxygens (including phenoxy) is 1. The number of benzene rings is 1. The van der Waals surface area contributed by atoms with E-state index < -0.39 is 11.4 Å². The van der Waals surface area contributed by atoms with Crippen molar-refractivity contribution in [1.82, 2.24) is 0 Å². The minimum absolute atomic E-state index is 0.0583. The van der Waals surface area contributed by atoms with Crippen LogP contribution in [0.5, 0.6) is 5.75 Å². The smallest absolute Gasteiger partial charge is 0.145 e. The Balaban J connectivity index is 2.65. The van der Waals surface area contributed by atoms with E-state index in [2.05, 4.69) is 0 Å². The molecule has 0 aliphatic heterocycles. The van der Waals surface area contributed by atoms with E-state index in [1.54, 1.807) is 13.0 Å². The van der Waals surface area contributed by atoms with Gasteiger partial charge in [0.15, 0.2) is 0 Å². The fourth-order valence-corrected chi connectivity index (χ4v) is 1.08. The van der Waals surface area contributed by atoms with Gasteiger partial charge in [0.1, 0.15) is 18.2 Å². The molecule has 1 rings (SSSR count). The average molecular weight is 247 g/mol. The second-order valence-corrected chi connectivity index (χ2v) is 4.78. The van der Waals surface area contributed by atoms with E-state index in [4.69, 9.17) is 16.3 Å². The molecule has 1 aromatic rings. The molecule has 0 aliphatic carbocycles. The molecule has 0 bridgehead atoms. The van der Waals surface area contributed by atoms with Crippen LogP contribution in [0.3, 0.4) is 0 Å². The van der Waals surface area contributed by atoms with Crippen molar-refractivity contribution in [3.05, 3.63) is 29.0 Å². The maximum absolute atomic E-state index is 13.1. The van der Waals surface area contributed by atoms with E-state index in [1.807, 2.05) is 13.8 Å². The van der Waals surface area contributed by atoms with Gasteiger partial charge >= 0.3 is 0 Å². The van der Waals surface area contributed by atoms with Crippen molar-refractivity contribution >= 4 is 11.6 Å². The highest BCUT2D eigenvalue weighted by Crippen LogP contribution is 2.23. The molecule has 1 atom stereocenters. The van der Waals surface area contributed by atoms with Crippen molar-refractivity contribution in [2.75, 3.05) is 6.61 Å². The molecule has 0 heterocycles. The first-order valence-corrected chi connectivity index (χ1v) is 5.51. The molecule has 0 aliphatic rings. The van der Waals surface area contributed by atoms with Crippen LogP contribution in [-0.2, 0) is 0 Å². The van der Waals surface area contributed by atoms with Crippen LogP contribution in [0, 0.1) is 11.7 Å². The van der Waals surface area contributed by atoms with E-state index in [0.29, 0.717) is 5.75 Å². The summed E-state index contributed by atoms with van der Waals surface area (Å²) in [7, 11) is 0. The number of hydrogen-bond acceptors (Lipinski definition) is 2. The Bertz CT molecular complexity index is 364. The molecule has 1 aromatic carbocycles. The predicted octanol–water partition coefficient (Wildman–Crippen LogP) is 3.26. The van der Waals surface area contributed by atoms with E-state index >= 15 is 0 Å². The van der Waals surface area contributed by atoms with Gasteiger partial charge in [0.25, 0.3) is 0 Å². The monoisotopic (exact) mass is 246 g/mol. The lowest BCUT2D eigenvalue weighted by molar-refractivity contribution is -0.0267. The molecule has 90 valence electrons. The molecule has 1 unspecified atom stereocenters. The molecule has 0 fully saturated rings. The predicted molar refractivity (Wildman–Crippen MR) is 62.4 cm³/mol. The Morgan fingerprint density at radius 2 is 2.12 bits per heavy atom. The van der Waals surface area contributed by atoms with Gasteiger partial charge in [-0.3, -0.25) is 0 Å². The Labute approximate surface area is 100.0 Å². The first kappa shape index (κ1) is 13.3. The van der Waals surface area contributed by atoms with Crippen molar-refractivity contribution in [1.29, 1.82) is 0 Å². The second kappa shape index (κ2) is 5.02. The third-order valence-corrected chi connectivity index (χ3v) is 2.97. The molecule has 0 saturated carbocycles. The molecular formula is C12H16ClFO2. The number of rotatable bonds is 4. The first-order chi connectivity index (χ1) is 7.33. The third kappa shape index (κ3) is 3.35. The van der Waals surface area contributed by atoms with Gasteiger partial charge in [-0.1, -0.05) is 25.4 Å². The van der Waals surface area contributed by atoms with Crippen molar-refractivity contribution < 1.29 is 14.2 Å². The fourth-order valence-electron chi connectivity index (χ4n) is 0.963. The lowest BCUT2D eigenvalue weighted by atomic mass is 9.94. The number of halogens is 2. The minimum atomic E-state index is -0.934. The van der Waals surface area contributed by atoms with E-state index in [-0.39, 0.29) is 17.5 Å². The van der Waals surface area contributed by atoms with Crippen LogP contribution in [0.2, 0.25) is 5.02 Å². The summed E-state index contributed by atoms with van der Waals surface area (Å²) < 4.78 is 18.4. The van der Waals surface area contributed by atoms with Crippen LogP contribution < -0.4 is 4.74 Å². The summed E-state index contributed by atoms with van der Waals surface area (Å²) >= 11 is 5.54. The molecule has 0 spiro atoms. The summed E-state index contributed by atoms with van der Waals surface area (Å²) in [5, 5.41) is 9.99. The van der Waals surface area contributed by atoms with Crippen LogP contribution in [0.4, 0.5) is 4.39 Å². The van der Waals surface area contributed by atoms with Crippen LogP contribution in [0.15, 0.2) is 18.2 Å². The Morgan fingerprint density at radius 1 is 1.50 bits per heavy atom. The van der Waals surface area contributed by atoms with Gasteiger partial charge in [-0.2, -0.15) is 0 Å². The van der Waals surface area contributed by atoms with E-state index in [9.17, 15) is 9.50 Å². The van der Waals surface area contributed by atoms with Gasteiger partial charge < -0.3 is 9.84 Å². The quantitative estimate of drug-likeness (QED) is 0.884. The molecule has 4 heteroatoms. The SMILES string of the molecule is CC(C)C(C)(O)COc1ccc(Cl)c(F)c1. The highest BCUT2D eigenvalue weighted by molar-refractivity contribution is 6.30. The molecule has 0 radical (unpaired) electrons. The highest BCUT2D eigenvalue weighted by Gasteiger charge is 2.25. The second-order valence-electron chi connectivity index (χ2n) is 4.38. The minimum Gasteiger partial charge on any atom is -0.490 e. The molecule has 2 nitrogen and oxygen atoms in total. The standard InChI is InChI=1S/C12H16ClFO2/c1-8(2)12(3,15)7-16-9-4-5-10(13)11(14)6-9/h4-6,8,15H,7H2,1-3H3. The zero-order valence-electron chi connectivity index (χ0n) is 9.63. The summed E-state index contributed by atoms with van der Waals surface area (Å²) in [5.41, 5.74) is -0.934. The summed E-state index contributed by atoms with van der Waals surface area (Å²) in [6, 6.07) is 4.21. The van der Waals surface area contributed by atoms with Crippen molar-refractivity contribution in [3.63, 3.8) is 0 Å². The van der Waals surface area contributed by atoms with Gasteiger partial charge in [0.05, 0.1) is 10.6 Å². The van der Waals surface area contributed by atoms with Gasteiger partial charge in [-0.05, 0) is 25.0 Å². The van der Waals surface area contributed by atoms with Crippen molar-refractivity contribution in [2.24, 2.45) is 5.92 Å². The van der Waals surface area contributed by atoms with Crippen molar-refractivity contribution in [2.45, 2.75) is 26.4 Å². The third-order valence-electron chi connectivity index (χ3n) is 2.67. The average Bonchev–Trinajstić information content (AvgIpc) is 2.20. The maximum Gasteiger partial charge on any atom is 0.145 e. The lowest BCUT2D eigenvalue weighted by Crippen LogP contribution is -2.37. The highest BCUT2D eigenvalue weighted by atomic mass is 35.5. The van der Waals surface area contributed by atoms with Gasteiger partial charge in [0.2, 0.25) is 0 Å². The summed E-state index contributed by atoms with van der Waals surface area (Å²) in [4.78, 5) is 0. The Hall–Kier alpha value is -0.800. The molecule has 16 heavy (non-hydrogen) atoms. The fraction of sp³-hybridized carbons (Fsp3) is 0.500. The van der Waals surface area contributed by atoms with Gasteiger partial charge in [-0.25, -0.2) is 4.39 Å². The number of aliphatic hydroxyl groups is 1. The molecule has 1 N–H and O–H groups in total. The van der Waals surface area contributed by atoms with Crippen LogP contribution >= 0.6 is 11.6 Å². The lowest BCUT2D eigenvalue weighted by Gasteiger charge is -2.27.